The van der Waals surface area contributed by atoms with Crippen molar-refractivity contribution in [1.82, 2.24) is 19.8 Å². The van der Waals surface area contributed by atoms with E-state index in [4.69, 9.17) is 0 Å². The first-order valence-electron chi connectivity index (χ1n) is 8.14. The summed E-state index contributed by atoms with van der Waals surface area (Å²) in [5, 5.41) is 0. The Kier molecular flexibility index (Phi) is 4.57. The third kappa shape index (κ3) is 3.38. The van der Waals surface area contributed by atoms with E-state index in [1.807, 2.05) is 17.3 Å². The number of aromatic nitrogens is 2. The fraction of sp³-hybridized carbons (Fsp3) is 0.688. The van der Waals surface area contributed by atoms with Crippen molar-refractivity contribution in [2.24, 2.45) is 0 Å². The number of hydrogen-bond donors (Lipinski definition) is 0. The van der Waals surface area contributed by atoms with Gasteiger partial charge in [0, 0.05) is 52.1 Å². The zero-order valence-electron chi connectivity index (χ0n) is 13.5. The SMILES string of the molecule is CC(=O)N1CCCC(c2cnc(N3CCN(C)CC3)cn2)C1. The number of likely N-dealkylation sites (tertiary alicyclic amines) is 1. The van der Waals surface area contributed by atoms with Gasteiger partial charge >= 0.3 is 0 Å². The number of piperazine rings is 1. The molecular weight excluding hydrogens is 278 g/mol. The van der Waals surface area contributed by atoms with Crippen LogP contribution in [0.15, 0.2) is 12.4 Å². The minimum atomic E-state index is 0.159. The number of carbonyl (C=O) groups is 1. The van der Waals surface area contributed by atoms with Crippen molar-refractivity contribution in [3.63, 3.8) is 0 Å². The maximum atomic E-state index is 11.5. The van der Waals surface area contributed by atoms with Crippen molar-refractivity contribution >= 4 is 11.7 Å². The maximum absolute atomic E-state index is 11.5. The minimum Gasteiger partial charge on any atom is -0.353 e. The number of nitrogens with zero attached hydrogens (tertiary/aromatic N) is 5. The molecule has 22 heavy (non-hydrogen) atoms. The van der Waals surface area contributed by atoms with Crippen LogP contribution < -0.4 is 4.90 Å². The second kappa shape index (κ2) is 6.60. The Balaban J connectivity index is 1.65. The first kappa shape index (κ1) is 15.2. The summed E-state index contributed by atoms with van der Waals surface area (Å²) in [5.74, 6) is 1.45. The van der Waals surface area contributed by atoms with E-state index in [9.17, 15) is 4.79 Å². The molecule has 0 bridgehead atoms. The molecule has 0 radical (unpaired) electrons. The van der Waals surface area contributed by atoms with E-state index in [1.165, 1.54) is 0 Å². The standard InChI is InChI=1S/C16H25N5O/c1-13(22)21-5-3-4-14(12-21)15-10-18-16(11-17-15)20-8-6-19(2)7-9-20/h10-11,14H,3-9,12H2,1-2H3. The highest BCUT2D eigenvalue weighted by Crippen LogP contribution is 2.25. The van der Waals surface area contributed by atoms with E-state index in [1.54, 1.807) is 6.92 Å². The van der Waals surface area contributed by atoms with E-state index >= 15 is 0 Å². The fourth-order valence-electron chi connectivity index (χ4n) is 3.25. The van der Waals surface area contributed by atoms with Crippen LogP contribution in [0.5, 0.6) is 0 Å². The Morgan fingerprint density at radius 3 is 2.55 bits per heavy atom. The van der Waals surface area contributed by atoms with E-state index in [0.29, 0.717) is 5.92 Å². The number of anilines is 1. The highest BCUT2D eigenvalue weighted by molar-refractivity contribution is 5.73. The summed E-state index contributed by atoms with van der Waals surface area (Å²) in [6.07, 6.45) is 5.94. The first-order chi connectivity index (χ1) is 10.6. The van der Waals surface area contributed by atoms with Gasteiger partial charge in [0.1, 0.15) is 5.82 Å². The van der Waals surface area contributed by atoms with Crippen LogP contribution in [0.1, 0.15) is 31.4 Å². The lowest BCUT2D eigenvalue weighted by atomic mass is 9.95. The molecule has 6 heteroatoms. The van der Waals surface area contributed by atoms with Gasteiger partial charge in [0.05, 0.1) is 18.1 Å². The number of carbonyl (C=O) groups excluding carboxylic acids is 1. The average Bonchev–Trinajstić information content (AvgIpc) is 2.56. The highest BCUT2D eigenvalue weighted by atomic mass is 16.2. The second-order valence-electron chi connectivity index (χ2n) is 6.39. The second-order valence-corrected chi connectivity index (χ2v) is 6.39. The molecule has 2 fully saturated rings. The van der Waals surface area contributed by atoms with Crippen LogP contribution in [0.2, 0.25) is 0 Å². The van der Waals surface area contributed by atoms with Crippen molar-refractivity contribution in [2.45, 2.75) is 25.7 Å². The lowest BCUT2D eigenvalue weighted by molar-refractivity contribution is -0.130. The molecule has 1 unspecified atom stereocenters. The summed E-state index contributed by atoms with van der Waals surface area (Å²) in [6, 6.07) is 0. The highest BCUT2D eigenvalue weighted by Gasteiger charge is 2.24. The van der Waals surface area contributed by atoms with E-state index in [2.05, 4.69) is 26.8 Å². The molecule has 2 aliphatic heterocycles. The molecule has 1 atom stereocenters. The number of hydrogen-bond acceptors (Lipinski definition) is 5. The first-order valence-corrected chi connectivity index (χ1v) is 8.14. The van der Waals surface area contributed by atoms with Crippen LogP contribution in [0.4, 0.5) is 5.82 Å². The third-order valence-corrected chi connectivity index (χ3v) is 4.77. The normalized spacial score (nSPS) is 23.6. The van der Waals surface area contributed by atoms with Gasteiger partial charge in [-0.1, -0.05) is 0 Å². The number of rotatable bonds is 2. The smallest absolute Gasteiger partial charge is 0.219 e. The largest absolute Gasteiger partial charge is 0.353 e. The Bertz CT molecular complexity index is 510. The summed E-state index contributed by atoms with van der Waals surface area (Å²) in [5.41, 5.74) is 1.02. The van der Waals surface area contributed by atoms with Gasteiger partial charge in [0.2, 0.25) is 5.91 Å². The van der Waals surface area contributed by atoms with Crippen molar-refractivity contribution in [3.8, 4) is 0 Å². The molecule has 3 rings (SSSR count). The van der Waals surface area contributed by atoms with E-state index < -0.39 is 0 Å². The molecule has 2 saturated heterocycles. The molecule has 6 nitrogen and oxygen atoms in total. The molecule has 1 aromatic heterocycles. The molecule has 1 amide bonds. The summed E-state index contributed by atoms with van der Waals surface area (Å²) < 4.78 is 0. The van der Waals surface area contributed by atoms with Gasteiger partial charge in [-0.2, -0.15) is 0 Å². The quantitative estimate of drug-likeness (QED) is 0.814. The molecule has 0 spiro atoms. The summed E-state index contributed by atoms with van der Waals surface area (Å²) in [7, 11) is 2.15. The van der Waals surface area contributed by atoms with Crippen LogP contribution in [-0.2, 0) is 4.79 Å². The Morgan fingerprint density at radius 2 is 1.91 bits per heavy atom. The number of amides is 1. The monoisotopic (exact) mass is 303 g/mol. The van der Waals surface area contributed by atoms with Crippen LogP contribution in [0.25, 0.3) is 0 Å². The molecule has 0 aromatic carbocycles. The molecule has 3 heterocycles. The Labute approximate surface area is 132 Å². The lowest BCUT2D eigenvalue weighted by Crippen LogP contribution is -2.44. The van der Waals surface area contributed by atoms with Gasteiger partial charge in [-0.3, -0.25) is 9.78 Å². The number of piperidine rings is 1. The van der Waals surface area contributed by atoms with E-state index in [0.717, 1.165) is 63.6 Å². The van der Waals surface area contributed by atoms with Crippen molar-refractivity contribution < 1.29 is 4.79 Å². The topological polar surface area (TPSA) is 52.6 Å². The predicted molar refractivity (Wildman–Crippen MR) is 86.0 cm³/mol. The molecular formula is C16H25N5O. The summed E-state index contributed by atoms with van der Waals surface area (Å²) >= 11 is 0. The molecule has 0 saturated carbocycles. The average molecular weight is 303 g/mol. The summed E-state index contributed by atoms with van der Waals surface area (Å²) in [4.78, 5) is 27.3. The van der Waals surface area contributed by atoms with Crippen LogP contribution in [0, 0.1) is 0 Å². The van der Waals surface area contributed by atoms with Gasteiger partial charge < -0.3 is 14.7 Å². The van der Waals surface area contributed by atoms with Crippen molar-refractivity contribution in [3.05, 3.63) is 18.1 Å². The van der Waals surface area contributed by atoms with Crippen LogP contribution in [-0.4, -0.2) is 72.0 Å². The van der Waals surface area contributed by atoms with Crippen LogP contribution >= 0.6 is 0 Å². The van der Waals surface area contributed by atoms with E-state index in [-0.39, 0.29) is 5.91 Å². The van der Waals surface area contributed by atoms with Crippen molar-refractivity contribution in [1.29, 1.82) is 0 Å². The molecule has 2 aliphatic rings. The molecule has 0 N–H and O–H groups in total. The maximum Gasteiger partial charge on any atom is 0.219 e. The van der Waals surface area contributed by atoms with Gasteiger partial charge in [-0.15, -0.1) is 0 Å². The Morgan fingerprint density at radius 1 is 1.14 bits per heavy atom. The van der Waals surface area contributed by atoms with Gasteiger partial charge in [0.15, 0.2) is 0 Å². The van der Waals surface area contributed by atoms with Crippen molar-refractivity contribution in [2.75, 3.05) is 51.2 Å². The zero-order chi connectivity index (χ0) is 15.5. The van der Waals surface area contributed by atoms with Gasteiger partial charge in [0.25, 0.3) is 0 Å². The fourth-order valence-corrected chi connectivity index (χ4v) is 3.25. The molecule has 120 valence electrons. The molecule has 0 aliphatic carbocycles. The zero-order valence-corrected chi connectivity index (χ0v) is 13.5. The van der Waals surface area contributed by atoms with Gasteiger partial charge in [-0.05, 0) is 19.9 Å². The molecule has 1 aromatic rings. The predicted octanol–water partition coefficient (Wildman–Crippen LogP) is 0.954. The summed E-state index contributed by atoms with van der Waals surface area (Å²) in [6.45, 7) is 7.44. The lowest BCUT2D eigenvalue weighted by Gasteiger charge is -2.33. The van der Waals surface area contributed by atoms with Crippen LogP contribution in [0.3, 0.4) is 0 Å². The van der Waals surface area contributed by atoms with Gasteiger partial charge in [-0.25, -0.2) is 4.98 Å². The Hall–Kier alpha value is -1.69. The minimum absolute atomic E-state index is 0.159. The number of likely N-dealkylation sites (N-methyl/N-ethyl adjacent to an activating group) is 1. The third-order valence-electron chi connectivity index (χ3n) is 4.77.